The first-order valence-electron chi connectivity index (χ1n) is 6.87. The Morgan fingerprint density at radius 3 is 2.89 bits per heavy atom. The van der Waals surface area contributed by atoms with Crippen LogP contribution in [0, 0.1) is 5.92 Å². The molecule has 0 aromatic carbocycles. The lowest BCUT2D eigenvalue weighted by molar-refractivity contribution is 0.0173. The molecule has 6 heteroatoms. The first-order valence-corrected chi connectivity index (χ1v) is 8.53. The number of sulfonamides is 1. The van der Waals surface area contributed by atoms with Crippen molar-refractivity contribution >= 4 is 10.0 Å². The van der Waals surface area contributed by atoms with Gasteiger partial charge in [-0.3, -0.25) is 0 Å². The zero-order valence-corrected chi connectivity index (χ0v) is 11.8. The van der Waals surface area contributed by atoms with Gasteiger partial charge in [-0.15, -0.1) is 0 Å². The van der Waals surface area contributed by atoms with Crippen LogP contribution in [-0.4, -0.2) is 46.0 Å². The first kappa shape index (κ1) is 14.2. The smallest absolute Gasteiger partial charge is 0.212 e. The van der Waals surface area contributed by atoms with Crippen LogP contribution in [0.1, 0.15) is 32.6 Å². The van der Waals surface area contributed by atoms with Gasteiger partial charge < -0.3 is 10.1 Å². The van der Waals surface area contributed by atoms with E-state index in [0.717, 1.165) is 38.8 Å². The van der Waals surface area contributed by atoms with E-state index in [1.54, 1.807) is 0 Å². The predicted octanol–water partition coefficient (Wildman–Crippen LogP) is 0.473. The Bertz CT molecular complexity index is 352. The largest absolute Gasteiger partial charge is 0.378 e. The second-order valence-corrected chi connectivity index (χ2v) is 7.31. The number of ether oxygens (including phenoxy) is 1. The molecule has 0 aliphatic carbocycles. The van der Waals surface area contributed by atoms with Crippen LogP contribution in [-0.2, 0) is 14.8 Å². The summed E-state index contributed by atoms with van der Waals surface area (Å²) in [6, 6.07) is 0.0512. The summed E-state index contributed by atoms with van der Waals surface area (Å²) in [6.45, 7) is 4.48. The normalized spacial score (nSPS) is 34.4. The molecule has 2 fully saturated rings. The highest BCUT2D eigenvalue weighted by molar-refractivity contribution is 7.89. The Balaban J connectivity index is 1.82. The van der Waals surface area contributed by atoms with Gasteiger partial charge in [-0.25, -0.2) is 13.1 Å². The van der Waals surface area contributed by atoms with Crippen molar-refractivity contribution in [2.45, 2.75) is 44.8 Å². The molecule has 5 nitrogen and oxygen atoms in total. The van der Waals surface area contributed by atoms with Gasteiger partial charge in [0.1, 0.15) is 0 Å². The Hall–Kier alpha value is -0.170. The number of hydrogen-bond donors (Lipinski definition) is 2. The molecule has 18 heavy (non-hydrogen) atoms. The lowest BCUT2D eigenvalue weighted by Crippen LogP contribution is -2.44. The Morgan fingerprint density at radius 2 is 2.22 bits per heavy atom. The van der Waals surface area contributed by atoms with Crippen molar-refractivity contribution in [1.29, 1.82) is 0 Å². The van der Waals surface area contributed by atoms with E-state index in [-0.39, 0.29) is 23.8 Å². The summed E-state index contributed by atoms with van der Waals surface area (Å²) in [7, 11) is -3.15. The highest BCUT2D eigenvalue weighted by atomic mass is 32.2. The maximum atomic E-state index is 12.1. The monoisotopic (exact) mass is 276 g/mol. The molecular formula is C12H24N2O3S. The second-order valence-electron chi connectivity index (χ2n) is 5.51. The summed E-state index contributed by atoms with van der Waals surface area (Å²) >= 11 is 0. The molecule has 106 valence electrons. The fourth-order valence-electron chi connectivity index (χ4n) is 2.78. The molecule has 0 saturated carbocycles. The number of rotatable bonds is 4. The van der Waals surface area contributed by atoms with E-state index in [2.05, 4.69) is 10.0 Å². The summed E-state index contributed by atoms with van der Waals surface area (Å²) in [6.07, 6.45) is 3.81. The van der Waals surface area contributed by atoms with Crippen LogP contribution in [0.4, 0.5) is 0 Å². The average molecular weight is 276 g/mol. The zero-order valence-electron chi connectivity index (χ0n) is 11.0. The summed E-state index contributed by atoms with van der Waals surface area (Å²) in [4.78, 5) is 0. The molecule has 0 aromatic heterocycles. The average Bonchev–Trinajstić information content (AvgIpc) is 2.28. The van der Waals surface area contributed by atoms with E-state index in [1.807, 2.05) is 6.92 Å². The summed E-state index contributed by atoms with van der Waals surface area (Å²) < 4.78 is 32.5. The van der Waals surface area contributed by atoms with E-state index in [1.165, 1.54) is 0 Å². The van der Waals surface area contributed by atoms with Gasteiger partial charge >= 0.3 is 0 Å². The van der Waals surface area contributed by atoms with E-state index in [0.29, 0.717) is 6.61 Å². The highest BCUT2D eigenvalue weighted by Crippen LogP contribution is 2.16. The third-order valence-corrected chi connectivity index (χ3v) is 5.29. The van der Waals surface area contributed by atoms with E-state index >= 15 is 0 Å². The third kappa shape index (κ3) is 4.50. The third-order valence-electron chi connectivity index (χ3n) is 3.69. The van der Waals surface area contributed by atoms with Crippen molar-refractivity contribution in [3.63, 3.8) is 0 Å². The molecule has 2 saturated heterocycles. The molecule has 2 rings (SSSR count). The minimum Gasteiger partial charge on any atom is -0.378 e. The fraction of sp³-hybridized carbons (Fsp3) is 1.00. The molecule has 2 aliphatic heterocycles. The molecule has 2 heterocycles. The maximum Gasteiger partial charge on any atom is 0.212 e. The van der Waals surface area contributed by atoms with Gasteiger partial charge in [-0.2, -0.15) is 0 Å². The molecule has 0 spiro atoms. The van der Waals surface area contributed by atoms with E-state index < -0.39 is 10.0 Å². The number of hydrogen-bond acceptors (Lipinski definition) is 4. The van der Waals surface area contributed by atoms with Crippen LogP contribution in [0.3, 0.4) is 0 Å². The predicted molar refractivity (Wildman–Crippen MR) is 71.0 cm³/mol. The Morgan fingerprint density at radius 1 is 1.39 bits per heavy atom. The molecule has 0 radical (unpaired) electrons. The van der Waals surface area contributed by atoms with Crippen molar-refractivity contribution in [3.05, 3.63) is 0 Å². The maximum absolute atomic E-state index is 12.1. The van der Waals surface area contributed by atoms with Gasteiger partial charge in [0, 0.05) is 12.6 Å². The van der Waals surface area contributed by atoms with Gasteiger partial charge in [0.05, 0.1) is 11.9 Å². The van der Waals surface area contributed by atoms with Crippen LogP contribution in [0.2, 0.25) is 0 Å². The first-order chi connectivity index (χ1) is 8.55. The standard InChI is InChI=1S/C12H24N2O3S/c1-10-7-12(4-6-17-10)14-18(15,16)9-11-3-2-5-13-8-11/h10-14H,2-9H2,1H3. The van der Waals surface area contributed by atoms with Crippen molar-refractivity contribution in [2.75, 3.05) is 25.4 Å². The summed E-state index contributed by atoms with van der Waals surface area (Å²) in [5.41, 5.74) is 0. The fourth-order valence-corrected chi connectivity index (χ4v) is 4.51. The quantitative estimate of drug-likeness (QED) is 0.783. The van der Waals surface area contributed by atoms with Gasteiger partial charge in [0.25, 0.3) is 0 Å². The van der Waals surface area contributed by atoms with Crippen LogP contribution in [0.25, 0.3) is 0 Å². The lowest BCUT2D eigenvalue weighted by atomic mass is 10.0. The topological polar surface area (TPSA) is 67.4 Å². The minimum atomic E-state index is -3.15. The van der Waals surface area contributed by atoms with Crippen molar-refractivity contribution in [1.82, 2.24) is 10.0 Å². The van der Waals surface area contributed by atoms with E-state index in [9.17, 15) is 8.42 Å². The molecule has 0 aromatic rings. The van der Waals surface area contributed by atoms with Gasteiger partial charge in [0.2, 0.25) is 10.0 Å². The van der Waals surface area contributed by atoms with Crippen LogP contribution >= 0.6 is 0 Å². The number of nitrogens with one attached hydrogen (secondary N) is 2. The minimum absolute atomic E-state index is 0.0512. The lowest BCUT2D eigenvalue weighted by Gasteiger charge is -2.29. The van der Waals surface area contributed by atoms with Gasteiger partial charge in [-0.1, -0.05) is 0 Å². The van der Waals surface area contributed by atoms with Gasteiger partial charge in [0.15, 0.2) is 0 Å². The van der Waals surface area contributed by atoms with Gasteiger partial charge in [-0.05, 0) is 51.6 Å². The molecule has 3 atom stereocenters. The Labute approximate surface area is 110 Å². The van der Waals surface area contributed by atoms with Crippen molar-refractivity contribution in [2.24, 2.45) is 5.92 Å². The molecule has 2 aliphatic rings. The van der Waals surface area contributed by atoms with Crippen LogP contribution in [0.15, 0.2) is 0 Å². The van der Waals surface area contributed by atoms with Crippen molar-refractivity contribution < 1.29 is 13.2 Å². The SMILES string of the molecule is CC1CC(NS(=O)(=O)CC2CCCNC2)CCO1. The molecular weight excluding hydrogens is 252 g/mol. The van der Waals surface area contributed by atoms with Crippen LogP contribution in [0.5, 0.6) is 0 Å². The van der Waals surface area contributed by atoms with Crippen molar-refractivity contribution in [3.8, 4) is 0 Å². The molecule has 0 bridgehead atoms. The molecule has 3 unspecified atom stereocenters. The molecule has 2 N–H and O–H groups in total. The van der Waals surface area contributed by atoms with Crippen LogP contribution < -0.4 is 10.0 Å². The highest BCUT2D eigenvalue weighted by Gasteiger charge is 2.26. The summed E-state index contributed by atoms with van der Waals surface area (Å²) in [5.74, 6) is 0.514. The Kier molecular flexibility index (Phi) is 5.00. The second kappa shape index (κ2) is 6.32. The molecule has 0 amide bonds. The summed E-state index contributed by atoms with van der Waals surface area (Å²) in [5, 5.41) is 3.26. The number of piperidine rings is 1. The van der Waals surface area contributed by atoms with E-state index in [4.69, 9.17) is 4.74 Å². The zero-order chi connectivity index (χ0) is 13.0.